The van der Waals surface area contributed by atoms with Crippen molar-refractivity contribution >= 4 is 11.7 Å². The maximum atomic E-state index is 8.64. The summed E-state index contributed by atoms with van der Waals surface area (Å²) in [5.41, 5.74) is 6.18. The minimum atomic E-state index is 0.0970. The maximum absolute atomic E-state index is 8.64. The molecule has 1 aromatic heterocycles. The average molecular weight is 274 g/mol. The molecule has 0 aromatic carbocycles. The molecule has 5 heteroatoms. The lowest BCUT2D eigenvalue weighted by Crippen LogP contribution is -2.29. The second kappa shape index (κ2) is 5.31. The number of anilines is 1. The Morgan fingerprint density at radius 3 is 2.85 bits per heavy atom. The summed E-state index contributed by atoms with van der Waals surface area (Å²) in [6.07, 6.45) is 7.34. The van der Waals surface area contributed by atoms with E-state index < -0.39 is 0 Å². The molecule has 20 heavy (non-hydrogen) atoms. The van der Waals surface area contributed by atoms with E-state index in [2.05, 4.69) is 22.1 Å². The first-order valence-electron chi connectivity index (χ1n) is 7.32. The number of hydrogen-bond donors (Lipinski definition) is 2. The van der Waals surface area contributed by atoms with E-state index in [0.717, 1.165) is 30.1 Å². The van der Waals surface area contributed by atoms with E-state index in [1.807, 2.05) is 12.1 Å². The highest BCUT2D eigenvalue weighted by Gasteiger charge is 2.39. The van der Waals surface area contributed by atoms with Crippen LogP contribution in [0.25, 0.3) is 0 Å². The molecule has 0 saturated heterocycles. The van der Waals surface area contributed by atoms with Gasteiger partial charge in [-0.3, -0.25) is 0 Å². The van der Waals surface area contributed by atoms with Crippen LogP contribution in [-0.4, -0.2) is 29.6 Å². The number of rotatable bonds is 4. The maximum Gasteiger partial charge on any atom is 0.171 e. The highest BCUT2D eigenvalue weighted by atomic mass is 16.4. The number of nitrogens with two attached hydrogens (primary N) is 1. The molecule has 3 N–H and O–H groups in total. The van der Waals surface area contributed by atoms with Crippen LogP contribution in [0.1, 0.15) is 31.2 Å². The zero-order valence-corrected chi connectivity index (χ0v) is 11.9. The predicted molar refractivity (Wildman–Crippen MR) is 79.0 cm³/mol. The second-order valence-electron chi connectivity index (χ2n) is 6.21. The van der Waals surface area contributed by atoms with Gasteiger partial charge in [0.2, 0.25) is 0 Å². The van der Waals surface area contributed by atoms with Crippen LogP contribution in [0, 0.1) is 17.8 Å². The Bertz CT molecular complexity index is 499. The summed E-state index contributed by atoms with van der Waals surface area (Å²) >= 11 is 0. The van der Waals surface area contributed by atoms with Gasteiger partial charge >= 0.3 is 0 Å². The first-order chi connectivity index (χ1) is 9.67. The molecule has 2 aliphatic carbocycles. The number of oxime groups is 1. The fraction of sp³-hybridized carbons (Fsp3) is 0.600. The minimum absolute atomic E-state index is 0.0970. The van der Waals surface area contributed by atoms with E-state index >= 15 is 0 Å². The fourth-order valence-electron chi connectivity index (χ4n) is 3.87. The van der Waals surface area contributed by atoms with Crippen LogP contribution in [0.3, 0.4) is 0 Å². The van der Waals surface area contributed by atoms with Crippen molar-refractivity contribution in [1.29, 1.82) is 0 Å². The number of amidine groups is 1. The molecule has 2 saturated carbocycles. The van der Waals surface area contributed by atoms with Gasteiger partial charge in [0.1, 0.15) is 5.82 Å². The summed E-state index contributed by atoms with van der Waals surface area (Å²) in [5, 5.41) is 11.6. The molecule has 3 rings (SSSR count). The van der Waals surface area contributed by atoms with Crippen molar-refractivity contribution in [3.63, 3.8) is 0 Å². The zero-order chi connectivity index (χ0) is 14.1. The summed E-state index contributed by atoms with van der Waals surface area (Å²) in [5.74, 6) is 3.78. The predicted octanol–water partition coefficient (Wildman–Crippen LogP) is 2.05. The quantitative estimate of drug-likeness (QED) is 0.381. The number of fused-ring (bicyclic) bond motifs is 2. The lowest BCUT2D eigenvalue weighted by molar-refractivity contribution is 0.318. The van der Waals surface area contributed by atoms with Crippen LogP contribution in [-0.2, 0) is 0 Å². The standard InChI is InChI=1S/C15H22N4O/c1-19(9-13-7-10-2-3-11(13)6-10)14-5-4-12(8-17-14)15(16)18-20/h4-5,8,10-11,13,20H,2-3,6-7,9H2,1H3,(H2,16,18). The Morgan fingerprint density at radius 2 is 2.30 bits per heavy atom. The van der Waals surface area contributed by atoms with Gasteiger partial charge in [-0.05, 0) is 49.1 Å². The highest BCUT2D eigenvalue weighted by Crippen LogP contribution is 2.48. The van der Waals surface area contributed by atoms with Crippen molar-refractivity contribution in [3.8, 4) is 0 Å². The monoisotopic (exact) mass is 274 g/mol. The molecular weight excluding hydrogens is 252 g/mol. The number of pyridine rings is 1. The summed E-state index contributed by atoms with van der Waals surface area (Å²) in [4.78, 5) is 6.63. The Labute approximate surface area is 119 Å². The van der Waals surface area contributed by atoms with Crippen molar-refractivity contribution in [2.24, 2.45) is 28.6 Å². The third kappa shape index (κ3) is 2.44. The average Bonchev–Trinajstić information content (AvgIpc) is 3.09. The molecular formula is C15H22N4O. The minimum Gasteiger partial charge on any atom is -0.409 e. The van der Waals surface area contributed by atoms with Crippen molar-refractivity contribution in [3.05, 3.63) is 23.9 Å². The fourth-order valence-corrected chi connectivity index (χ4v) is 3.87. The Kier molecular flexibility index (Phi) is 3.51. The SMILES string of the molecule is CN(CC1CC2CCC1C2)c1ccc(C(N)=NO)cn1. The van der Waals surface area contributed by atoms with Crippen LogP contribution in [0.4, 0.5) is 5.82 Å². The Hall–Kier alpha value is -1.78. The van der Waals surface area contributed by atoms with Crippen LogP contribution in [0.15, 0.2) is 23.5 Å². The third-order valence-electron chi connectivity index (χ3n) is 4.94. The Balaban J connectivity index is 1.64. The van der Waals surface area contributed by atoms with Crippen LogP contribution >= 0.6 is 0 Å². The number of hydrogen-bond acceptors (Lipinski definition) is 4. The number of nitrogens with zero attached hydrogens (tertiary/aromatic N) is 3. The van der Waals surface area contributed by atoms with Gasteiger partial charge < -0.3 is 15.8 Å². The van der Waals surface area contributed by atoms with Gasteiger partial charge in [0.25, 0.3) is 0 Å². The van der Waals surface area contributed by atoms with E-state index in [1.165, 1.54) is 25.7 Å². The molecule has 5 nitrogen and oxygen atoms in total. The summed E-state index contributed by atoms with van der Waals surface area (Å²) in [7, 11) is 2.09. The van der Waals surface area contributed by atoms with E-state index in [4.69, 9.17) is 10.9 Å². The second-order valence-corrected chi connectivity index (χ2v) is 6.21. The van der Waals surface area contributed by atoms with E-state index in [0.29, 0.717) is 5.56 Å². The molecule has 1 heterocycles. The molecule has 3 atom stereocenters. The summed E-state index contributed by atoms with van der Waals surface area (Å²) < 4.78 is 0. The van der Waals surface area contributed by atoms with E-state index in [1.54, 1.807) is 6.20 Å². The lowest BCUT2D eigenvalue weighted by atomic mass is 9.88. The van der Waals surface area contributed by atoms with E-state index in [-0.39, 0.29) is 5.84 Å². The van der Waals surface area contributed by atoms with Crippen molar-refractivity contribution in [2.75, 3.05) is 18.5 Å². The molecule has 0 spiro atoms. The number of aromatic nitrogens is 1. The molecule has 1 aromatic rings. The molecule has 2 aliphatic rings. The molecule has 2 bridgehead atoms. The molecule has 0 amide bonds. The largest absolute Gasteiger partial charge is 0.409 e. The molecule has 108 valence electrons. The smallest absolute Gasteiger partial charge is 0.171 e. The Morgan fingerprint density at radius 1 is 1.45 bits per heavy atom. The van der Waals surface area contributed by atoms with Gasteiger partial charge in [-0.1, -0.05) is 11.6 Å². The molecule has 2 fully saturated rings. The van der Waals surface area contributed by atoms with Crippen LogP contribution < -0.4 is 10.6 Å². The summed E-state index contributed by atoms with van der Waals surface area (Å²) in [6, 6.07) is 3.77. The first-order valence-corrected chi connectivity index (χ1v) is 7.32. The summed E-state index contributed by atoms with van der Waals surface area (Å²) in [6.45, 7) is 1.08. The highest BCUT2D eigenvalue weighted by molar-refractivity contribution is 5.96. The normalized spacial score (nSPS) is 28.9. The van der Waals surface area contributed by atoms with Crippen molar-refractivity contribution in [1.82, 2.24) is 4.98 Å². The zero-order valence-electron chi connectivity index (χ0n) is 11.9. The van der Waals surface area contributed by atoms with Gasteiger partial charge in [-0.2, -0.15) is 0 Å². The van der Waals surface area contributed by atoms with Gasteiger partial charge in [0.05, 0.1) is 0 Å². The van der Waals surface area contributed by atoms with Crippen LogP contribution in [0.2, 0.25) is 0 Å². The van der Waals surface area contributed by atoms with E-state index in [9.17, 15) is 0 Å². The molecule has 0 radical (unpaired) electrons. The first kappa shape index (κ1) is 13.2. The van der Waals surface area contributed by atoms with Gasteiger partial charge in [0.15, 0.2) is 5.84 Å². The van der Waals surface area contributed by atoms with Crippen LogP contribution in [0.5, 0.6) is 0 Å². The van der Waals surface area contributed by atoms with Crippen molar-refractivity contribution in [2.45, 2.75) is 25.7 Å². The van der Waals surface area contributed by atoms with Gasteiger partial charge in [0, 0.05) is 25.4 Å². The third-order valence-corrected chi connectivity index (χ3v) is 4.94. The molecule has 3 unspecified atom stereocenters. The van der Waals surface area contributed by atoms with Crippen molar-refractivity contribution < 1.29 is 5.21 Å². The van der Waals surface area contributed by atoms with Gasteiger partial charge in [-0.25, -0.2) is 4.98 Å². The lowest BCUT2D eigenvalue weighted by Gasteiger charge is -2.27. The molecule has 0 aliphatic heterocycles. The van der Waals surface area contributed by atoms with Gasteiger partial charge in [-0.15, -0.1) is 0 Å². The topological polar surface area (TPSA) is 74.7 Å².